The fraction of sp³-hybridized carbons (Fsp3) is 0.647. The Morgan fingerprint density at radius 1 is 0.833 bits per heavy atom. The number of rotatable bonds is 12. The maximum Gasteiger partial charge on any atom is 0.416 e. The molecule has 0 amide bonds. The first-order chi connectivity index (χ1) is 19.8. The van der Waals surface area contributed by atoms with Gasteiger partial charge in [0.15, 0.2) is 8.32 Å². The normalized spacial score (nSPS) is 21.6. The third-order valence-corrected chi connectivity index (χ3v) is 16.3. The Hall–Kier alpha value is -1.54. The molecule has 3 nitrogen and oxygen atoms in total. The van der Waals surface area contributed by atoms with Crippen molar-refractivity contribution in [2.24, 2.45) is 11.8 Å². The van der Waals surface area contributed by atoms with Crippen molar-refractivity contribution in [2.45, 2.75) is 109 Å². The van der Waals surface area contributed by atoms with E-state index in [1.54, 1.807) is 0 Å². The first-order valence-corrected chi connectivity index (χ1v) is 18.3. The van der Waals surface area contributed by atoms with Crippen LogP contribution in [0.2, 0.25) is 21.6 Å². The number of likely N-dealkylation sites (tertiary alicyclic amines) is 1. The molecule has 3 atom stereocenters. The van der Waals surface area contributed by atoms with E-state index in [-0.39, 0.29) is 18.0 Å². The number of ether oxygens (including phenoxy) is 1. The Morgan fingerprint density at radius 2 is 1.43 bits per heavy atom. The highest BCUT2D eigenvalue weighted by molar-refractivity contribution is 6.77. The number of piperidine rings is 1. The molecule has 2 aromatic carbocycles. The van der Waals surface area contributed by atoms with Crippen LogP contribution in [0.3, 0.4) is 0 Å². The van der Waals surface area contributed by atoms with Gasteiger partial charge in [-0.05, 0) is 96.7 Å². The minimum absolute atomic E-state index is 0.151. The van der Waals surface area contributed by atoms with Crippen molar-refractivity contribution in [1.29, 1.82) is 0 Å². The molecule has 1 aliphatic heterocycles. The van der Waals surface area contributed by atoms with Crippen molar-refractivity contribution in [1.82, 2.24) is 4.90 Å². The van der Waals surface area contributed by atoms with E-state index in [0.29, 0.717) is 41.5 Å². The van der Waals surface area contributed by atoms with Gasteiger partial charge in [0.2, 0.25) is 0 Å². The minimum atomic E-state index is -4.36. The molecule has 2 aliphatic rings. The maximum absolute atomic E-state index is 13.1. The van der Waals surface area contributed by atoms with Gasteiger partial charge in [-0.1, -0.05) is 71.7 Å². The van der Waals surface area contributed by atoms with Gasteiger partial charge in [0.1, 0.15) is 5.75 Å². The van der Waals surface area contributed by atoms with Gasteiger partial charge in [-0.25, -0.2) is 0 Å². The lowest BCUT2D eigenvalue weighted by atomic mass is 9.74. The number of halogens is 4. The maximum atomic E-state index is 13.1. The van der Waals surface area contributed by atoms with E-state index in [0.717, 1.165) is 36.5 Å². The molecule has 0 N–H and O–H groups in total. The highest BCUT2D eigenvalue weighted by Gasteiger charge is 2.47. The second-order valence-electron chi connectivity index (χ2n) is 13.4. The lowest BCUT2D eigenvalue weighted by molar-refractivity contribution is -0.137. The van der Waals surface area contributed by atoms with Gasteiger partial charge in [-0.15, -0.1) is 0 Å². The molecule has 234 valence electrons. The molecule has 0 radical (unpaired) electrons. The Kier molecular flexibility index (Phi) is 11.2. The van der Waals surface area contributed by atoms with E-state index in [4.69, 9.17) is 20.8 Å². The van der Waals surface area contributed by atoms with E-state index in [2.05, 4.69) is 58.6 Å². The molecule has 1 saturated heterocycles. The summed E-state index contributed by atoms with van der Waals surface area (Å²) in [5, 5.41) is 0.744. The standard InChI is InChI=1S/C34H49ClF3NO2Si/c1-23(2)42(24(3)4,25(5)6)41-22-32-28(21-40-31-18-14-29(15-19-31)34(36,37)38)11-8-20-39(32)33(26-9-7-10-26)27-12-16-30(35)17-13-27/h12-19,23-26,28,32-33H,7-11,20-22H2,1-6H3. The first-order valence-electron chi connectivity index (χ1n) is 15.8. The Morgan fingerprint density at radius 3 is 1.93 bits per heavy atom. The second kappa shape index (κ2) is 14.0. The van der Waals surface area contributed by atoms with Crippen LogP contribution in [0.1, 0.15) is 90.8 Å². The summed E-state index contributed by atoms with van der Waals surface area (Å²) in [5.74, 6) is 1.27. The Bertz CT molecular complexity index is 1100. The summed E-state index contributed by atoms with van der Waals surface area (Å²) < 4.78 is 52.8. The third-order valence-electron chi connectivity index (χ3n) is 9.98. The van der Waals surface area contributed by atoms with E-state index < -0.39 is 20.1 Å². The fourth-order valence-corrected chi connectivity index (χ4v) is 13.3. The monoisotopic (exact) mass is 623 g/mol. The Labute approximate surface area is 257 Å². The van der Waals surface area contributed by atoms with Crippen LogP contribution in [-0.4, -0.2) is 39.0 Å². The van der Waals surface area contributed by atoms with Crippen molar-refractivity contribution < 1.29 is 22.3 Å². The van der Waals surface area contributed by atoms with Crippen molar-refractivity contribution >= 4 is 19.9 Å². The molecular formula is C34H49ClF3NO2Si. The molecule has 0 spiro atoms. The summed E-state index contributed by atoms with van der Waals surface area (Å²) in [6, 6.07) is 13.9. The predicted octanol–water partition coefficient (Wildman–Crippen LogP) is 10.6. The van der Waals surface area contributed by atoms with Crippen LogP contribution < -0.4 is 4.74 Å². The van der Waals surface area contributed by atoms with Crippen molar-refractivity contribution in [2.75, 3.05) is 19.8 Å². The average molecular weight is 624 g/mol. The highest BCUT2D eigenvalue weighted by Crippen LogP contribution is 2.47. The number of hydrogen-bond acceptors (Lipinski definition) is 3. The van der Waals surface area contributed by atoms with Gasteiger partial charge in [0.25, 0.3) is 0 Å². The smallest absolute Gasteiger partial charge is 0.416 e. The summed E-state index contributed by atoms with van der Waals surface area (Å²) in [6.45, 7) is 16.0. The number of benzene rings is 2. The highest BCUT2D eigenvalue weighted by atomic mass is 35.5. The van der Waals surface area contributed by atoms with E-state index >= 15 is 0 Å². The van der Waals surface area contributed by atoms with Gasteiger partial charge in [-0.2, -0.15) is 13.2 Å². The van der Waals surface area contributed by atoms with Crippen molar-refractivity contribution in [3.8, 4) is 5.75 Å². The zero-order chi connectivity index (χ0) is 30.7. The van der Waals surface area contributed by atoms with Crippen LogP contribution in [0.25, 0.3) is 0 Å². The van der Waals surface area contributed by atoms with E-state index in [1.807, 2.05) is 12.1 Å². The van der Waals surface area contributed by atoms with Gasteiger partial charge in [0.05, 0.1) is 12.2 Å². The number of hydrogen-bond donors (Lipinski definition) is 0. The molecule has 3 unspecified atom stereocenters. The van der Waals surface area contributed by atoms with Gasteiger partial charge < -0.3 is 9.16 Å². The summed E-state index contributed by atoms with van der Waals surface area (Å²) in [4.78, 5) is 2.69. The van der Waals surface area contributed by atoms with Crippen molar-refractivity contribution in [3.05, 3.63) is 64.7 Å². The summed E-state index contributed by atoms with van der Waals surface area (Å²) in [5.41, 5.74) is 2.09. The zero-order valence-electron chi connectivity index (χ0n) is 26.1. The Balaban J connectivity index is 1.64. The molecule has 1 heterocycles. The van der Waals surface area contributed by atoms with Crippen LogP contribution in [0, 0.1) is 11.8 Å². The second-order valence-corrected chi connectivity index (χ2v) is 19.3. The molecule has 1 saturated carbocycles. The van der Waals surface area contributed by atoms with Crippen LogP contribution in [-0.2, 0) is 10.6 Å². The van der Waals surface area contributed by atoms with Crippen LogP contribution in [0.5, 0.6) is 5.75 Å². The van der Waals surface area contributed by atoms with Crippen LogP contribution in [0.15, 0.2) is 48.5 Å². The fourth-order valence-electron chi connectivity index (χ4n) is 7.76. The molecule has 2 aromatic rings. The van der Waals surface area contributed by atoms with Crippen molar-refractivity contribution in [3.63, 3.8) is 0 Å². The topological polar surface area (TPSA) is 21.7 Å². The lowest BCUT2D eigenvalue weighted by Crippen LogP contribution is -2.56. The molecule has 2 fully saturated rings. The van der Waals surface area contributed by atoms with E-state index in [1.165, 1.54) is 37.0 Å². The van der Waals surface area contributed by atoms with Gasteiger partial charge in [0, 0.05) is 29.6 Å². The zero-order valence-corrected chi connectivity index (χ0v) is 27.8. The molecule has 8 heteroatoms. The predicted molar refractivity (Wildman–Crippen MR) is 169 cm³/mol. The molecular weight excluding hydrogens is 575 g/mol. The third kappa shape index (κ3) is 7.39. The van der Waals surface area contributed by atoms with Gasteiger partial charge in [-0.3, -0.25) is 4.90 Å². The molecule has 42 heavy (non-hydrogen) atoms. The SMILES string of the molecule is CC(C)[Si](OCC1C(COc2ccc(C(F)(F)F)cc2)CCCN1C(c1ccc(Cl)cc1)C1CCC1)(C(C)C)C(C)C. The molecule has 0 bridgehead atoms. The lowest BCUT2D eigenvalue weighted by Gasteiger charge is -2.51. The van der Waals surface area contributed by atoms with Crippen LogP contribution in [0.4, 0.5) is 13.2 Å². The average Bonchev–Trinajstić information content (AvgIpc) is 2.90. The summed E-state index contributed by atoms with van der Waals surface area (Å²) in [7, 11) is -2.12. The number of nitrogens with zero attached hydrogens (tertiary/aromatic N) is 1. The molecule has 4 rings (SSSR count). The van der Waals surface area contributed by atoms with Gasteiger partial charge >= 0.3 is 6.18 Å². The summed E-state index contributed by atoms with van der Waals surface area (Å²) in [6.07, 6.45) is 1.38. The van der Waals surface area contributed by atoms with E-state index in [9.17, 15) is 13.2 Å². The first kappa shape index (κ1) is 33.4. The number of alkyl halides is 3. The molecule has 0 aromatic heterocycles. The minimum Gasteiger partial charge on any atom is -0.493 e. The molecule has 1 aliphatic carbocycles. The van der Waals surface area contributed by atoms with Crippen LogP contribution >= 0.6 is 11.6 Å². The summed E-state index contributed by atoms with van der Waals surface area (Å²) >= 11 is 6.30. The quantitative estimate of drug-likeness (QED) is 0.220. The largest absolute Gasteiger partial charge is 0.493 e.